The Labute approximate surface area is 226 Å². The molecule has 0 fully saturated rings. The van der Waals surface area contributed by atoms with E-state index in [1.807, 2.05) is 30.3 Å². The second kappa shape index (κ2) is 19.9. The molecule has 3 heteroatoms. The van der Waals surface area contributed by atoms with Crippen molar-refractivity contribution in [1.29, 1.82) is 0 Å². The van der Waals surface area contributed by atoms with Crippen molar-refractivity contribution < 1.29 is 14.3 Å². The fourth-order valence-electron chi connectivity index (χ4n) is 5.14. The zero-order valence-corrected chi connectivity index (χ0v) is 23.8. The molecule has 0 amide bonds. The monoisotopic (exact) mass is 508 g/mol. The van der Waals surface area contributed by atoms with Crippen LogP contribution in [0.3, 0.4) is 0 Å². The van der Waals surface area contributed by atoms with Gasteiger partial charge in [-0.25, -0.2) is 0 Å². The Hall–Kier alpha value is -2.16. The van der Waals surface area contributed by atoms with Crippen molar-refractivity contribution in [2.45, 2.75) is 142 Å². The van der Waals surface area contributed by atoms with Crippen LogP contribution in [0.1, 0.15) is 153 Å². The predicted octanol–water partition coefficient (Wildman–Crippen LogP) is 10.8. The molecule has 2 rings (SSSR count). The average Bonchev–Trinajstić information content (AvgIpc) is 2.90. The van der Waals surface area contributed by atoms with E-state index >= 15 is 0 Å². The Morgan fingerprint density at radius 2 is 1.05 bits per heavy atom. The first-order valence-corrected chi connectivity index (χ1v) is 15.4. The highest BCUT2D eigenvalue weighted by Gasteiger charge is 2.16. The van der Waals surface area contributed by atoms with Crippen LogP contribution in [0.25, 0.3) is 10.8 Å². The number of ketones is 1. The zero-order valence-electron chi connectivity index (χ0n) is 23.8. The molecule has 0 atom stereocenters. The molecular weight excluding hydrogens is 456 g/mol. The number of ether oxygens (including phenoxy) is 1. The van der Waals surface area contributed by atoms with Gasteiger partial charge in [0.05, 0.1) is 5.56 Å². The molecule has 0 saturated heterocycles. The van der Waals surface area contributed by atoms with E-state index in [9.17, 15) is 9.59 Å². The van der Waals surface area contributed by atoms with Gasteiger partial charge in [-0.05, 0) is 24.8 Å². The Balaban J connectivity index is 1.44. The summed E-state index contributed by atoms with van der Waals surface area (Å²) in [6.45, 7) is 3.80. The average molecular weight is 509 g/mol. The van der Waals surface area contributed by atoms with Crippen LogP contribution in [0.4, 0.5) is 0 Å². The summed E-state index contributed by atoms with van der Waals surface area (Å²) in [5.74, 6) is 0.0799. The lowest BCUT2D eigenvalue weighted by molar-refractivity contribution is -0.134. The topological polar surface area (TPSA) is 43.4 Å². The molecule has 3 nitrogen and oxygen atoms in total. The highest BCUT2D eigenvalue weighted by atomic mass is 16.5. The summed E-state index contributed by atoms with van der Waals surface area (Å²) in [7, 11) is 0. The standard InChI is InChI=1S/C34H52O3/c1-3-4-5-6-7-8-9-10-11-12-13-14-15-16-17-18-19-20-21-26-33(36)37-34-31(29(2)35)28-27-30-24-22-23-25-32(30)34/h22-25,27-28H,3-21,26H2,1-2H3. The van der Waals surface area contributed by atoms with E-state index in [-0.39, 0.29) is 11.8 Å². The summed E-state index contributed by atoms with van der Waals surface area (Å²) in [5, 5.41) is 1.79. The second-order valence-corrected chi connectivity index (χ2v) is 10.8. The lowest BCUT2D eigenvalue weighted by Gasteiger charge is -2.11. The first-order valence-electron chi connectivity index (χ1n) is 15.4. The molecule has 0 aliphatic carbocycles. The molecule has 0 N–H and O–H groups in total. The molecule has 0 aliphatic heterocycles. The van der Waals surface area contributed by atoms with Gasteiger partial charge >= 0.3 is 5.97 Å². The van der Waals surface area contributed by atoms with Gasteiger partial charge in [-0.15, -0.1) is 0 Å². The number of rotatable bonds is 22. The van der Waals surface area contributed by atoms with Crippen LogP contribution in [0, 0.1) is 0 Å². The van der Waals surface area contributed by atoms with Gasteiger partial charge in [0.25, 0.3) is 0 Å². The minimum Gasteiger partial charge on any atom is -0.425 e. The third-order valence-electron chi connectivity index (χ3n) is 7.46. The molecular formula is C34H52O3. The quantitative estimate of drug-likeness (QED) is 0.0687. The molecule has 0 bridgehead atoms. The maximum Gasteiger partial charge on any atom is 0.311 e. The number of hydrogen-bond donors (Lipinski definition) is 0. The number of hydrogen-bond acceptors (Lipinski definition) is 3. The van der Waals surface area contributed by atoms with E-state index in [0.717, 1.165) is 23.6 Å². The molecule has 0 aromatic heterocycles. The number of carbonyl (C=O) groups excluding carboxylic acids is 2. The number of unbranched alkanes of at least 4 members (excludes halogenated alkanes) is 18. The Bertz CT molecular complexity index is 901. The number of fused-ring (bicyclic) bond motifs is 1. The third kappa shape index (κ3) is 13.3. The minimum atomic E-state index is -0.245. The van der Waals surface area contributed by atoms with Gasteiger partial charge in [-0.3, -0.25) is 9.59 Å². The van der Waals surface area contributed by atoms with E-state index in [1.165, 1.54) is 116 Å². The van der Waals surface area contributed by atoms with Crippen LogP contribution >= 0.6 is 0 Å². The van der Waals surface area contributed by atoms with E-state index < -0.39 is 0 Å². The van der Waals surface area contributed by atoms with E-state index in [2.05, 4.69) is 6.92 Å². The van der Waals surface area contributed by atoms with Gasteiger partial charge in [0.2, 0.25) is 0 Å². The molecule has 0 aliphatic rings. The molecule has 0 saturated carbocycles. The molecule has 2 aromatic carbocycles. The van der Waals surface area contributed by atoms with Gasteiger partial charge in [0.1, 0.15) is 5.75 Å². The van der Waals surface area contributed by atoms with Crippen LogP contribution < -0.4 is 4.74 Å². The fourth-order valence-corrected chi connectivity index (χ4v) is 5.14. The Morgan fingerprint density at radius 1 is 0.595 bits per heavy atom. The summed E-state index contributed by atoms with van der Waals surface area (Å²) in [5.41, 5.74) is 0.472. The fraction of sp³-hybridized carbons (Fsp3) is 0.647. The zero-order chi connectivity index (χ0) is 26.6. The number of benzene rings is 2. The molecule has 0 unspecified atom stereocenters. The van der Waals surface area contributed by atoms with Gasteiger partial charge < -0.3 is 4.74 Å². The number of Topliss-reactive ketones (excluding diaryl/α,β-unsaturated/α-hetero) is 1. The first-order chi connectivity index (χ1) is 18.1. The highest BCUT2D eigenvalue weighted by molar-refractivity contribution is 6.04. The molecule has 37 heavy (non-hydrogen) atoms. The van der Waals surface area contributed by atoms with Crippen LogP contribution in [0.2, 0.25) is 0 Å². The van der Waals surface area contributed by atoms with Gasteiger partial charge in [-0.1, -0.05) is 153 Å². The van der Waals surface area contributed by atoms with Gasteiger partial charge in [-0.2, -0.15) is 0 Å². The van der Waals surface area contributed by atoms with Gasteiger partial charge in [0, 0.05) is 11.8 Å². The summed E-state index contributed by atoms with van der Waals surface area (Å²) in [6.07, 6.45) is 25.8. The lowest BCUT2D eigenvalue weighted by Crippen LogP contribution is -2.10. The van der Waals surface area contributed by atoms with E-state index in [4.69, 9.17) is 4.74 Å². The van der Waals surface area contributed by atoms with Crippen LogP contribution in [0.15, 0.2) is 36.4 Å². The molecule has 206 valence electrons. The van der Waals surface area contributed by atoms with Crippen LogP contribution in [0.5, 0.6) is 5.75 Å². The largest absolute Gasteiger partial charge is 0.425 e. The second-order valence-electron chi connectivity index (χ2n) is 10.8. The van der Waals surface area contributed by atoms with Crippen molar-refractivity contribution in [3.8, 4) is 5.75 Å². The lowest BCUT2D eigenvalue weighted by atomic mass is 10.0. The van der Waals surface area contributed by atoms with Crippen molar-refractivity contribution in [2.24, 2.45) is 0 Å². The minimum absolute atomic E-state index is 0.0861. The Morgan fingerprint density at radius 3 is 1.54 bits per heavy atom. The molecule has 2 aromatic rings. The molecule has 0 spiro atoms. The van der Waals surface area contributed by atoms with Crippen LogP contribution in [-0.4, -0.2) is 11.8 Å². The summed E-state index contributed by atoms with van der Waals surface area (Å²) >= 11 is 0. The predicted molar refractivity (Wildman–Crippen MR) is 158 cm³/mol. The van der Waals surface area contributed by atoms with Crippen LogP contribution in [-0.2, 0) is 4.79 Å². The maximum absolute atomic E-state index is 12.5. The van der Waals surface area contributed by atoms with E-state index in [0.29, 0.717) is 17.7 Å². The maximum atomic E-state index is 12.5. The summed E-state index contributed by atoms with van der Waals surface area (Å²) in [6, 6.07) is 11.4. The van der Waals surface area contributed by atoms with Crippen molar-refractivity contribution >= 4 is 22.5 Å². The normalized spacial score (nSPS) is 11.2. The van der Waals surface area contributed by atoms with Crippen molar-refractivity contribution in [3.05, 3.63) is 42.0 Å². The number of esters is 1. The third-order valence-corrected chi connectivity index (χ3v) is 7.46. The smallest absolute Gasteiger partial charge is 0.311 e. The molecule has 0 heterocycles. The van der Waals surface area contributed by atoms with Crippen molar-refractivity contribution in [1.82, 2.24) is 0 Å². The summed E-state index contributed by atoms with van der Waals surface area (Å²) in [4.78, 5) is 24.5. The summed E-state index contributed by atoms with van der Waals surface area (Å²) < 4.78 is 5.70. The highest BCUT2D eigenvalue weighted by Crippen LogP contribution is 2.31. The van der Waals surface area contributed by atoms with Crippen molar-refractivity contribution in [2.75, 3.05) is 0 Å². The molecule has 0 radical (unpaired) electrons. The first kappa shape index (κ1) is 31.1. The van der Waals surface area contributed by atoms with Gasteiger partial charge in [0.15, 0.2) is 5.78 Å². The Kier molecular flexibility index (Phi) is 16.7. The SMILES string of the molecule is CCCCCCCCCCCCCCCCCCCCCC(=O)Oc1c(C(C)=O)ccc2ccccc12. The van der Waals surface area contributed by atoms with E-state index in [1.54, 1.807) is 6.07 Å². The van der Waals surface area contributed by atoms with Crippen molar-refractivity contribution in [3.63, 3.8) is 0 Å². The number of carbonyl (C=O) groups is 2.